The summed E-state index contributed by atoms with van der Waals surface area (Å²) >= 11 is 0. The summed E-state index contributed by atoms with van der Waals surface area (Å²) in [4.78, 5) is 2.48. The normalized spacial score (nSPS) is 31.9. The molecule has 1 aliphatic heterocycles. The van der Waals surface area contributed by atoms with Crippen LogP contribution in [0.25, 0.3) is 0 Å². The summed E-state index contributed by atoms with van der Waals surface area (Å²) in [6.07, 6.45) is 9.23. The minimum absolute atomic E-state index is 0.0149. The number of nitrogens with zero attached hydrogens (tertiary/aromatic N) is 1. The van der Waals surface area contributed by atoms with Crippen molar-refractivity contribution in [3.05, 3.63) is 0 Å². The monoisotopic (exact) mass is 241 g/mol. The lowest BCUT2D eigenvalue weighted by molar-refractivity contribution is 0.0492. The molecule has 0 aromatic carbocycles. The number of hydrogen-bond donors (Lipinski definition) is 1. The molecule has 1 saturated carbocycles. The summed E-state index contributed by atoms with van der Waals surface area (Å²) < 4.78 is 5.48. The van der Waals surface area contributed by atoms with Crippen molar-refractivity contribution in [2.24, 2.45) is 5.41 Å². The third kappa shape index (κ3) is 3.43. The van der Waals surface area contributed by atoms with Gasteiger partial charge in [0.05, 0.1) is 13.2 Å². The third-order valence-corrected chi connectivity index (χ3v) is 4.55. The summed E-state index contributed by atoms with van der Waals surface area (Å²) in [5.41, 5.74) is 0.0149. The van der Waals surface area contributed by atoms with Crippen LogP contribution in [0.5, 0.6) is 0 Å². The highest BCUT2D eigenvalue weighted by molar-refractivity contribution is 4.87. The largest absolute Gasteiger partial charge is 0.396 e. The maximum Gasteiger partial charge on any atom is 0.0557 e. The number of aliphatic hydroxyl groups is 1. The van der Waals surface area contributed by atoms with Gasteiger partial charge in [-0.15, -0.1) is 0 Å². The average Bonchev–Trinajstić information content (AvgIpc) is 2.64. The highest BCUT2D eigenvalue weighted by Crippen LogP contribution is 2.31. The predicted octanol–water partition coefficient (Wildman–Crippen LogP) is 2.04. The van der Waals surface area contributed by atoms with Crippen LogP contribution in [0.3, 0.4) is 0 Å². The summed E-state index contributed by atoms with van der Waals surface area (Å²) in [7, 11) is 2.23. The molecule has 3 heteroatoms. The Hall–Kier alpha value is -0.120. The number of rotatable bonds is 4. The maximum absolute atomic E-state index is 9.61. The van der Waals surface area contributed by atoms with Crippen LogP contribution in [-0.2, 0) is 4.74 Å². The van der Waals surface area contributed by atoms with Gasteiger partial charge in [-0.05, 0) is 26.3 Å². The standard InChI is InChI=1S/C14H27NO2/c1-15(13-6-4-2-3-5-7-13)10-14(11-16)8-9-17-12-14/h13,16H,2-12H2,1H3. The Morgan fingerprint density at radius 2 is 1.94 bits per heavy atom. The molecule has 100 valence electrons. The van der Waals surface area contributed by atoms with Crippen LogP contribution in [0.15, 0.2) is 0 Å². The van der Waals surface area contributed by atoms with Gasteiger partial charge in [-0.1, -0.05) is 25.7 Å². The van der Waals surface area contributed by atoms with Crippen molar-refractivity contribution in [3.8, 4) is 0 Å². The van der Waals surface area contributed by atoms with E-state index in [0.717, 1.165) is 32.2 Å². The summed E-state index contributed by atoms with van der Waals surface area (Å²) in [6, 6.07) is 0.724. The first kappa shape index (κ1) is 13.3. The van der Waals surface area contributed by atoms with Gasteiger partial charge >= 0.3 is 0 Å². The van der Waals surface area contributed by atoms with Crippen LogP contribution in [0.4, 0.5) is 0 Å². The van der Waals surface area contributed by atoms with Crippen LogP contribution in [0.2, 0.25) is 0 Å². The Morgan fingerprint density at radius 3 is 2.47 bits per heavy atom. The molecule has 2 rings (SSSR count). The fourth-order valence-corrected chi connectivity index (χ4v) is 3.31. The highest BCUT2D eigenvalue weighted by Gasteiger charge is 2.36. The van der Waals surface area contributed by atoms with Gasteiger partial charge in [0, 0.05) is 24.6 Å². The van der Waals surface area contributed by atoms with Gasteiger partial charge in [-0.3, -0.25) is 0 Å². The zero-order valence-corrected chi connectivity index (χ0v) is 11.2. The minimum atomic E-state index is 0.0149. The van der Waals surface area contributed by atoms with E-state index in [-0.39, 0.29) is 12.0 Å². The molecule has 1 aliphatic carbocycles. The van der Waals surface area contributed by atoms with E-state index in [4.69, 9.17) is 4.74 Å². The molecule has 1 N–H and O–H groups in total. The molecule has 0 bridgehead atoms. The predicted molar refractivity (Wildman–Crippen MR) is 69.1 cm³/mol. The topological polar surface area (TPSA) is 32.7 Å². The van der Waals surface area contributed by atoms with Crippen LogP contribution >= 0.6 is 0 Å². The van der Waals surface area contributed by atoms with E-state index < -0.39 is 0 Å². The Balaban J connectivity index is 1.87. The molecular formula is C14H27NO2. The molecule has 1 heterocycles. The molecular weight excluding hydrogens is 214 g/mol. The van der Waals surface area contributed by atoms with Gasteiger partial charge in [0.15, 0.2) is 0 Å². The third-order valence-electron chi connectivity index (χ3n) is 4.55. The fraction of sp³-hybridized carbons (Fsp3) is 1.00. The molecule has 2 aliphatic rings. The average molecular weight is 241 g/mol. The zero-order valence-electron chi connectivity index (χ0n) is 11.2. The van der Waals surface area contributed by atoms with Gasteiger partial charge in [0.25, 0.3) is 0 Å². The smallest absolute Gasteiger partial charge is 0.0557 e. The van der Waals surface area contributed by atoms with Crippen molar-refractivity contribution < 1.29 is 9.84 Å². The van der Waals surface area contributed by atoms with Crippen molar-refractivity contribution in [2.75, 3.05) is 33.4 Å². The molecule has 3 nitrogen and oxygen atoms in total. The Morgan fingerprint density at radius 1 is 1.24 bits per heavy atom. The Bertz CT molecular complexity index is 218. The van der Waals surface area contributed by atoms with E-state index in [2.05, 4.69) is 11.9 Å². The molecule has 0 radical (unpaired) electrons. The minimum Gasteiger partial charge on any atom is -0.396 e. The second-order valence-electron chi connectivity index (χ2n) is 6.02. The van der Waals surface area contributed by atoms with Gasteiger partial charge in [-0.2, -0.15) is 0 Å². The van der Waals surface area contributed by atoms with Crippen LogP contribution < -0.4 is 0 Å². The van der Waals surface area contributed by atoms with Crippen molar-refractivity contribution >= 4 is 0 Å². The second-order valence-corrected chi connectivity index (χ2v) is 6.02. The molecule has 1 unspecified atom stereocenters. The first-order valence-electron chi connectivity index (χ1n) is 7.15. The molecule has 0 amide bonds. The lowest BCUT2D eigenvalue weighted by Gasteiger charge is -2.35. The van der Waals surface area contributed by atoms with Crippen LogP contribution in [-0.4, -0.2) is 49.5 Å². The first-order chi connectivity index (χ1) is 8.26. The molecule has 0 aromatic rings. The van der Waals surface area contributed by atoms with E-state index >= 15 is 0 Å². The molecule has 0 spiro atoms. The summed E-state index contributed by atoms with van der Waals surface area (Å²) in [6.45, 7) is 2.82. The second kappa shape index (κ2) is 6.17. The fourth-order valence-electron chi connectivity index (χ4n) is 3.31. The lowest BCUT2D eigenvalue weighted by atomic mass is 9.87. The van der Waals surface area contributed by atoms with Crippen molar-refractivity contribution in [1.29, 1.82) is 0 Å². The summed E-state index contributed by atoms with van der Waals surface area (Å²) in [5, 5.41) is 9.61. The molecule has 1 saturated heterocycles. The van der Waals surface area contributed by atoms with Crippen molar-refractivity contribution in [3.63, 3.8) is 0 Å². The quantitative estimate of drug-likeness (QED) is 0.765. The van der Waals surface area contributed by atoms with E-state index in [9.17, 15) is 5.11 Å². The highest BCUT2D eigenvalue weighted by atomic mass is 16.5. The maximum atomic E-state index is 9.61. The van der Waals surface area contributed by atoms with Gasteiger partial charge in [0.2, 0.25) is 0 Å². The number of ether oxygens (including phenoxy) is 1. The Kier molecular flexibility index (Phi) is 4.83. The van der Waals surface area contributed by atoms with Crippen LogP contribution in [0.1, 0.15) is 44.9 Å². The molecule has 17 heavy (non-hydrogen) atoms. The molecule has 1 atom stereocenters. The van der Waals surface area contributed by atoms with E-state index in [1.807, 2.05) is 0 Å². The van der Waals surface area contributed by atoms with Crippen LogP contribution in [0, 0.1) is 5.41 Å². The zero-order chi connectivity index (χ0) is 12.1. The number of hydrogen-bond acceptors (Lipinski definition) is 3. The van der Waals surface area contributed by atoms with Crippen molar-refractivity contribution in [2.45, 2.75) is 51.0 Å². The lowest BCUT2D eigenvalue weighted by Crippen LogP contribution is -2.43. The molecule has 0 aromatic heterocycles. The number of aliphatic hydroxyl groups excluding tert-OH is 1. The van der Waals surface area contributed by atoms with Gasteiger partial charge in [-0.25, -0.2) is 0 Å². The Labute approximate surface area is 105 Å². The van der Waals surface area contributed by atoms with Gasteiger partial charge < -0.3 is 14.7 Å². The van der Waals surface area contributed by atoms with E-state index in [1.54, 1.807) is 0 Å². The molecule has 2 fully saturated rings. The first-order valence-corrected chi connectivity index (χ1v) is 7.15. The van der Waals surface area contributed by atoms with Crippen molar-refractivity contribution in [1.82, 2.24) is 4.90 Å². The van der Waals surface area contributed by atoms with E-state index in [1.165, 1.54) is 38.5 Å². The summed E-state index contributed by atoms with van der Waals surface area (Å²) in [5.74, 6) is 0. The van der Waals surface area contributed by atoms with E-state index in [0.29, 0.717) is 0 Å². The van der Waals surface area contributed by atoms with Gasteiger partial charge in [0.1, 0.15) is 0 Å². The SMILES string of the molecule is CN(CC1(CO)CCOC1)C1CCCCCC1.